The van der Waals surface area contributed by atoms with Gasteiger partial charge in [-0.1, -0.05) is 30.3 Å². The van der Waals surface area contributed by atoms with Gasteiger partial charge in [-0.2, -0.15) is 5.26 Å². The summed E-state index contributed by atoms with van der Waals surface area (Å²) in [5.41, 5.74) is 0.797. The number of hydrogen-bond acceptors (Lipinski definition) is 3. The average Bonchev–Trinajstić information content (AvgIpc) is 2.26. The van der Waals surface area contributed by atoms with Gasteiger partial charge in [0, 0.05) is 6.54 Å². The summed E-state index contributed by atoms with van der Waals surface area (Å²) in [6.45, 7) is 0.562. The van der Waals surface area contributed by atoms with Gasteiger partial charge in [0.25, 0.3) is 0 Å². The molecule has 0 amide bonds. The minimum absolute atomic E-state index is 0.387. The van der Waals surface area contributed by atoms with Crippen molar-refractivity contribution in [2.45, 2.75) is 6.10 Å². The maximum Gasteiger partial charge on any atom is 0.0960 e. The first-order valence-electron chi connectivity index (χ1n) is 4.92. The Morgan fingerprint density at radius 1 is 1.33 bits per heavy atom. The van der Waals surface area contributed by atoms with Crippen molar-refractivity contribution in [2.24, 2.45) is 5.92 Å². The van der Waals surface area contributed by atoms with E-state index < -0.39 is 6.10 Å². The quantitative estimate of drug-likeness (QED) is 0.807. The molecule has 0 fully saturated rings. The zero-order valence-electron chi connectivity index (χ0n) is 9.09. The van der Waals surface area contributed by atoms with E-state index in [1.54, 1.807) is 0 Å². The Bertz CT molecular complexity index is 329. The molecule has 0 unspecified atom stereocenters. The number of aliphatic hydroxyl groups excluding tert-OH is 1. The first kappa shape index (κ1) is 11.7. The van der Waals surface area contributed by atoms with Crippen molar-refractivity contribution in [1.29, 1.82) is 5.26 Å². The normalized spacial score (nSPS) is 14.6. The first-order chi connectivity index (χ1) is 7.15. The largest absolute Gasteiger partial charge is 0.387 e. The second-order valence-corrected chi connectivity index (χ2v) is 3.85. The summed E-state index contributed by atoms with van der Waals surface area (Å²) in [5, 5.41) is 18.9. The van der Waals surface area contributed by atoms with Crippen LogP contribution in [0.1, 0.15) is 11.7 Å². The van der Waals surface area contributed by atoms with Crippen molar-refractivity contribution in [1.82, 2.24) is 4.90 Å². The molecular formula is C12H16N2O. The van der Waals surface area contributed by atoms with Gasteiger partial charge in [0.2, 0.25) is 0 Å². The highest BCUT2D eigenvalue weighted by Gasteiger charge is 2.20. The third kappa shape index (κ3) is 3.35. The van der Waals surface area contributed by atoms with Crippen LogP contribution in [-0.2, 0) is 0 Å². The molecule has 0 aliphatic carbocycles. The number of nitriles is 1. The predicted octanol–water partition coefficient (Wildman–Crippen LogP) is 1.42. The Balaban J connectivity index is 2.74. The SMILES string of the molecule is CN(C)C[C@@H](C#N)[C@@H](O)c1ccccc1. The predicted molar refractivity (Wildman–Crippen MR) is 59.1 cm³/mol. The van der Waals surface area contributed by atoms with Crippen LogP contribution in [0, 0.1) is 17.2 Å². The molecule has 80 valence electrons. The van der Waals surface area contributed by atoms with E-state index in [1.165, 1.54) is 0 Å². The maximum atomic E-state index is 9.98. The third-order valence-corrected chi connectivity index (χ3v) is 2.25. The molecule has 2 atom stereocenters. The van der Waals surface area contributed by atoms with Crippen LogP contribution in [0.4, 0.5) is 0 Å². The molecule has 1 aromatic rings. The molecule has 3 nitrogen and oxygen atoms in total. The van der Waals surface area contributed by atoms with Crippen molar-refractivity contribution >= 4 is 0 Å². The van der Waals surface area contributed by atoms with Gasteiger partial charge in [0.05, 0.1) is 18.1 Å². The standard InChI is InChI=1S/C12H16N2O/c1-14(2)9-11(8-13)12(15)10-6-4-3-5-7-10/h3-7,11-12,15H,9H2,1-2H3/t11-,12+/m1/s1. The Labute approximate surface area is 90.6 Å². The molecule has 0 aromatic heterocycles. The van der Waals surface area contributed by atoms with Gasteiger partial charge in [0.15, 0.2) is 0 Å². The first-order valence-corrected chi connectivity index (χ1v) is 4.92. The maximum absolute atomic E-state index is 9.98. The van der Waals surface area contributed by atoms with Crippen molar-refractivity contribution in [2.75, 3.05) is 20.6 Å². The summed E-state index contributed by atoms with van der Waals surface area (Å²) < 4.78 is 0. The summed E-state index contributed by atoms with van der Waals surface area (Å²) in [6.07, 6.45) is -0.710. The molecule has 0 saturated heterocycles. The molecule has 0 saturated carbocycles. The molecule has 3 heteroatoms. The van der Waals surface area contributed by atoms with Crippen molar-refractivity contribution in [3.05, 3.63) is 35.9 Å². The highest BCUT2D eigenvalue weighted by Crippen LogP contribution is 2.21. The minimum atomic E-state index is -0.710. The lowest BCUT2D eigenvalue weighted by atomic mass is 9.97. The summed E-state index contributed by atoms with van der Waals surface area (Å²) in [4.78, 5) is 1.90. The van der Waals surface area contributed by atoms with Crippen LogP contribution in [0.5, 0.6) is 0 Å². The van der Waals surface area contributed by atoms with Crippen molar-refractivity contribution in [3.63, 3.8) is 0 Å². The van der Waals surface area contributed by atoms with Crippen molar-refractivity contribution < 1.29 is 5.11 Å². The van der Waals surface area contributed by atoms with Gasteiger partial charge in [-0.15, -0.1) is 0 Å². The summed E-state index contributed by atoms with van der Waals surface area (Å²) in [7, 11) is 3.78. The van der Waals surface area contributed by atoms with Gasteiger partial charge < -0.3 is 10.0 Å². The molecule has 0 aliphatic rings. The zero-order chi connectivity index (χ0) is 11.3. The van der Waals surface area contributed by atoms with Gasteiger partial charge in [-0.05, 0) is 19.7 Å². The molecule has 0 spiro atoms. The number of hydrogen-bond donors (Lipinski definition) is 1. The van der Waals surface area contributed by atoms with E-state index in [-0.39, 0.29) is 5.92 Å². The van der Waals surface area contributed by atoms with Crippen molar-refractivity contribution in [3.8, 4) is 6.07 Å². The van der Waals surface area contributed by atoms with Gasteiger partial charge >= 0.3 is 0 Å². The van der Waals surface area contributed by atoms with Crippen LogP contribution in [0.15, 0.2) is 30.3 Å². The van der Waals surface area contributed by atoms with E-state index in [0.717, 1.165) is 5.56 Å². The van der Waals surface area contributed by atoms with Crippen LogP contribution in [0.3, 0.4) is 0 Å². The van der Waals surface area contributed by atoms with Gasteiger partial charge in [-0.25, -0.2) is 0 Å². The number of nitrogens with zero attached hydrogens (tertiary/aromatic N) is 2. The lowest BCUT2D eigenvalue weighted by molar-refractivity contribution is 0.118. The van der Waals surface area contributed by atoms with E-state index in [1.807, 2.05) is 49.3 Å². The lowest BCUT2D eigenvalue weighted by Gasteiger charge is -2.20. The summed E-state index contributed by atoms with van der Waals surface area (Å²) >= 11 is 0. The van der Waals surface area contributed by atoms with Gasteiger partial charge in [0.1, 0.15) is 0 Å². The lowest BCUT2D eigenvalue weighted by Crippen LogP contribution is -2.25. The van der Waals surface area contributed by atoms with Crippen LogP contribution >= 0.6 is 0 Å². The van der Waals surface area contributed by atoms with E-state index in [9.17, 15) is 5.11 Å². The molecule has 1 rings (SSSR count). The molecule has 1 N–H and O–H groups in total. The monoisotopic (exact) mass is 204 g/mol. The molecule has 0 bridgehead atoms. The number of rotatable bonds is 4. The summed E-state index contributed by atoms with van der Waals surface area (Å²) in [6, 6.07) is 11.4. The molecule has 15 heavy (non-hydrogen) atoms. The van der Waals surface area contributed by atoms with Crippen LogP contribution in [0.2, 0.25) is 0 Å². The summed E-state index contributed by atoms with van der Waals surface area (Å²) in [5.74, 6) is -0.387. The highest BCUT2D eigenvalue weighted by atomic mass is 16.3. The highest BCUT2D eigenvalue weighted by molar-refractivity contribution is 5.19. The topological polar surface area (TPSA) is 47.3 Å². The van der Waals surface area contributed by atoms with Crippen LogP contribution in [-0.4, -0.2) is 30.6 Å². The average molecular weight is 204 g/mol. The fourth-order valence-electron chi connectivity index (χ4n) is 1.49. The van der Waals surface area contributed by atoms with E-state index >= 15 is 0 Å². The molecule has 0 radical (unpaired) electrons. The Morgan fingerprint density at radius 2 is 1.93 bits per heavy atom. The second kappa shape index (κ2) is 5.50. The Kier molecular flexibility index (Phi) is 4.29. The Morgan fingerprint density at radius 3 is 2.40 bits per heavy atom. The van der Waals surface area contributed by atoms with Crippen LogP contribution < -0.4 is 0 Å². The number of benzene rings is 1. The van der Waals surface area contributed by atoms with E-state index in [4.69, 9.17) is 5.26 Å². The third-order valence-electron chi connectivity index (χ3n) is 2.25. The minimum Gasteiger partial charge on any atom is -0.387 e. The Hall–Kier alpha value is -1.37. The smallest absolute Gasteiger partial charge is 0.0960 e. The number of aliphatic hydroxyl groups is 1. The fourth-order valence-corrected chi connectivity index (χ4v) is 1.49. The van der Waals surface area contributed by atoms with Crippen LogP contribution in [0.25, 0.3) is 0 Å². The molecular weight excluding hydrogens is 188 g/mol. The van der Waals surface area contributed by atoms with E-state index in [2.05, 4.69) is 6.07 Å². The second-order valence-electron chi connectivity index (χ2n) is 3.85. The molecule has 0 heterocycles. The molecule has 1 aromatic carbocycles. The van der Waals surface area contributed by atoms with Gasteiger partial charge in [-0.3, -0.25) is 0 Å². The zero-order valence-corrected chi connectivity index (χ0v) is 9.09. The fraction of sp³-hybridized carbons (Fsp3) is 0.417. The van der Waals surface area contributed by atoms with E-state index in [0.29, 0.717) is 6.54 Å². The molecule has 0 aliphatic heterocycles.